The summed E-state index contributed by atoms with van der Waals surface area (Å²) >= 11 is 0. The molecule has 0 radical (unpaired) electrons. The van der Waals surface area contributed by atoms with Crippen LogP contribution in [0.4, 0.5) is 26.3 Å². The Labute approximate surface area is 228 Å². The third kappa shape index (κ3) is 11.0. The number of aromatic nitrogens is 4. The number of benzene rings is 1. The molecule has 0 amide bonds. The molecule has 3 aromatic rings. The summed E-state index contributed by atoms with van der Waals surface area (Å²) in [6, 6.07) is 10.2. The molecule has 3 heterocycles. The zero-order chi connectivity index (χ0) is 30.8. The number of likely N-dealkylation sites (tertiary alicyclic amines) is 1. The maximum atomic E-state index is 11.8. The van der Waals surface area contributed by atoms with Gasteiger partial charge in [-0.15, -0.1) is 0 Å². The number of nitrogens with zero attached hydrogens (tertiary/aromatic N) is 4. The van der Waals surface area contributed by atoms with Crippen LogP contribution < -0.4 is 11.3 Å². The predicted molar refractivity (Wildman–Crippen MR) is 131 cm³/mol. The Morgan fingerprint density at radius 2 is 1.71 bits per heavy atom. The molecule has 1 saturated heterocycles. The topological polar surface area (TPSA) is 167 Å². The quantitative estimate of drug-likeness (QED) is 0.315. The van der Waals surface area contributed by atoms with E-state index in [4.69, 9.17) is 25.5 Å². The Hall–Kier alpha value is -4.25. The molecule has 0 aliphatic carbocycles. The van der Waals surface area contributed by atoms with E-state index in [9.17, 15) is 31.1 Å². The zero-order valence-corrected chi connectivity index (χ0v) is 21.2. The van der Waals surface area contributed by atoms with Gasteiger partial charge in [0, 0.05) is 49.7 Å². The fraction of sp³-hybridized carbons (Fsp3) is 0.375. The summed E-state index contributed by atoms with van der Waals surface area (Å²) < 4.78 is 65.6. The minimum atomic E-state index is -5.08. The molecule has 17 heteroatoms. The second-order valence-electron chi connectivity index (χ2n) is 8.62. The van der Waals surface area contributed by atoms with Crippen LogP contribution in [-0.2, 0) is 29.2 Å². The van der Waals surface area contributed by atoms with Gasteiger partial charge >= 0.3 is 24.3 Å². The Bertz CT molecular complexity index is 1320. The number of carbonyl (C=O) groups is 2. The number of nitrogens with one attached hydrogen (secondary N) is 1. The number of nitrogens with two attached hydrogens (primary N) is 1. The van der Waals surface area contributed by atoms with Gasteiger partial charge in [-0.25, -0.2) is 19.6 Å². The lowest BCUT2D eigenvalue weighted by Gasteiger charge is -2.25. The number of rotatable bonds is 6. The number of carboxylic acid groups (broad SMARTS) is 2. The van der Waals surface area contributed by atoms with Crippen molar-refractivity contribution in [2.75, 3.05) is 6.54 Å². The Balaban J connectivity index is 0.000000349. The molecule has 1 fully saturated rings. The lowest BCUT2D eigenvalue weighted by Crippen LogP contribution is -2.32. The summed E-state index contributed by atoms with van der Waals surface area (Å²) in [4.78, 5) is 43.6. The van der Waals surface area contributed by atoms with E-state index < -0.39 is 24.3 Å². The van der Waals surface area contributed by atoms with Crippen molar-refractivity contribution in [2.24, 2.45) is 5.73 Å². The third-order valence-corrected chi connectivity index (χ3v) is 5.55. The van der Waals surface area contributed by atoms with Gasteiger partial charge in [0.15, 0.2) is 0 Å². The molecular weight excluding hydrogens is 566 g/mol. The lowest BCUT2D eigenvalue weighted by atomic mass is 10.1. The number of H-pyrrole nitrogens is 1. The van der Waals surface area contributed by atoms with Gasteiger partial charge in [0.2, 0.25) is 0 Å². The fourth-order valence-corrected chi connectivity index (χ4v) is 3.75. The van der Waals surface area contributed by atoms with E-state index in [1.54, 1.807) is 0 Å². The van der Waals surface area contributed by atoms with Gasteiger partial charge in [0.25, 0.3) is 5.56 Å². The first-order valence-electron chi connectivity index (χ1n) is 11.8. The largest absolute Gasteiger partial charge is 0.490 e. The van der Waals surface area contributed by atoms with Crippen LogP contribution in [0.3, 0.4) is 0 Å². The van der Waals surface area contributed by atoms with Gasteiger partial charge in [0.05, 0.1) is 12.0 Å². The van der Waals surface area contributed by atoms with Gasteiger partial charge in [-0.05, 0) is 31.0 Å². The number of hydrogen-bond donors (Lipinski definition) is 4. The molecule has 5 N–H and O–H groups in total. The third-order valence-electron chi connectivity index (χ3n) is 5.55. The minimum Gasteiger partial charge on any atom is -0.475 e. The van der Waals surface area contributed by atoms with Crippen molar-refractivity contribution >= 4 is 11.9 Å². The van der Waals surface area contributed by atoms with Crippen molar-refractivity contribution in [2.45, 2.75) is 50.9 Å². The Morgan fingerprint density at radius 3 is 2.24 bits per heavy atom. The molecule has 11 nitrogen and oxygen atoms in total. The van der Waals surface area contributed by atoms with Crippen LogP contribution >= 0.6 is 0 Å². The van der Waals surface area contributed by atoms with Crippen LogP contribution in [-0.4, -0.2) is 71.5 Å². The first-order chi connectivity index (χ1) is 19.1. The summed E-state index contributed by atoms with van der Waals surface area (Å²) in [6.07, 6.45) is -2.03. The highest BCUT2D eigenvalue weighted by atomic mass is 19.4. The summed E-state index contributed by atoms with van der Waals surface area (Å²) in [5, 5.41) is 14.2. The minimum absolute atomic E-state index is 0.175. The van der Waals surface area contributed by atoms with Crippen molar-refractivity contribution in [3.05, 3.63) is 70.7 Å². The van der Waals surface area contributed by atoms with E-state index in [0.717, 1.165) is 25.2 Å². The van der Waals surface area contributed by atoms with Crippen LogP contribution in [0.1, 0.15) is 24.1 Å². The standard InChI is InChI=1S/C20H24N6O.2C2HF3O2/c21-11-17-10-19(27)24-20(23-17)16-4-1-3-15(9-16)12-26-7-2-5-18(26)13-25-8-6-22-14-25;2*3-2(4,5)1(6)7/h1,3-4,6,8-10,14,18H,2,5,7,11-13,21H2,(H,23,24,27);2*(H,6,7). The van der Waals surface area contributed by atoms with Crippen LogP contribution in [0.15, 0.2) is 53.8 Å². The van der Waals surface area contributed by atoms with Gasteiger partial charge in [-0.2, -0.15) is 26.3 Å². The molecule has 1 unspecified atom stereocenters. The average molecular weight is 592 g/mol. The molecule has 0 spiro atoms. The normalized spacial score (nSPS) is 15.3. The first-order valence-corrected chi connectivity index (χ1v) is 11.8. The number of hydrogen-bond acceptors (Lipinski definition) is 7. The SMILES string of the molecule is NCc1cc(=O)[nH]c(-c2cccc(CN3CCCC3Cn3ccnc3)c2)n1.O=C(O)C(F)(F)F.O=C(O)C(F)(F)F. The molecule has 1 aromatic carbocycles. The molecule has 41 heavy (non-hydrogen) atoms. The number of halogens is 6. The number of aromatic amines is 1. The van der Waals surface area contributed by atoms with E-state index in [-0.39, 0.29) is 12.1 Å². The summed E-state index contributed by atoms with van der Waals surface area (Å²) in [6.45, 7) is 3.20. The van der Waals surface area contributed by atoms with Crippen molar-refractivity contribution in [3.63, 3.8) is 0 Å². The summed E-state index contributed by atoms with van der Waals surface area (Å²) in [5.41, 5.74) is 8.19. The molecule has 4 rings (SSSR count). The molecule has 1 atom stereocenters. The highest BCUT2D eigenvalue weighted by molar-refractivity contribution is 5.73. The van der Waals surface area contributed by atoms with E-state index in [0.29, 0.717) is 17.6 Å². The van der Waals surface area contributed by atoms with Gasteiger partial charge in [0.1, 0.15) is 5.82 Å². The molecule has 224 valence electrons. The van der Waals surface area contributed by atoms with Gasteiger partial charge < -0.3 is 25.5 Å². The smallest absolute Gasteiger partial charge is 0.475 e. The highest BCUT2D eigenvalue weighted by Crippen LogP contribution is 2.23. The van der Waals surface area contributed by atoms with E-state index in [2.05, 4.69) is 36.6 Å². The second-order valence-corrected chi connectivity index (χ2v) is 8.62. The maximum Gasteiger partial charge on any atom is 0.490 e. The van der Waals surface area contributed by atoms with Crippen LogP contribution in [0.2, 0.25) is 0 Å². The maximum absolute atomic E-state index is 11.8. The summed E-state index contributed by atoms with van der Waals surface area (Å²) in [7, 11) is 0. The summed E-state index contributed by atoms with van der Waals surface area (Å²) in [5.74, 6) is -4.94. The van der Waals surface area contributed by atoms with Gasteiger partial charge in [-0.3, -0.25) is 9.69 Å². The van der Waals surface area contributed by atoms with E-state index in [1.165, 1.54) is 24.5 Å². The number of aliphatic carboxylic acids is 2. The highest BCUT2D eigenvalue weighted by Gasteiger charge is 2.38. The van der Waals surface area contributed by atoms with Gasteiger partial charge in [-0.1, -0.05) is 18.2 Å². The molecule has 2 aromatic heterocycles. The van der Waals surface area contributed by atoms with Crippen LogP contribution in [0, 0.1) is 0 Å². The number of imidazole rings is 1. The second kappa shape index (κ2) is 14.4. The lowest BCUT2D eigenvalue weighted by molar-refractivity contribution is -0.193. The van der Waals surface area contributed by atoms with Crippen LogP contribution in [0.5, 0.6) is 0 Å². The zero-order valence-electron chi connectivity index (χ0n) is 21.2. The fourth-order valence-electron chi connectivity index (χ4n) is 3.75. The van der Waals surface area contributed by atoms with Crippen molar-refractivity contribution in [1.82, 2.24) is 24.4 Å². The molecule has 0 saturated carbocycles. The monoisotopic (exact) mass is 592 g/mol. The number of carboxylic acids is 2. The Morgan fingerprint density at radius 1 is 1.07 bits per heavy atom. The molecule has 1 aliphatic rings. The Kier molecular flexibility index (Phi) is 11.6. The first kappa shape index (κ1) is 33.0. The predicted octanol–water partition coefficient (Wildman–Crippen LogP) is 3.02. The van der Waals surface area contributed by atoms with Crippen molar-refractivity contribution in [1.29, 1.82) is 0 Å². The van der Waals surface area contributed by atoms with E-state index >= 15 is 0 Å². The van der Waals surface area contributed by atoms with Crippen molar-refractivity contribution in [3.8, 4) is 11.4 Å². The molecular formula is C24H26F6N6O5. The number of alkyl halides is 6. The van der Waals surface area contributed by atoms with Crippen molar-refractivity contribution < 1.29 is 46.1 Å². The van der Waals surface area contributed by atoms with Crippen LogP contribution in [0.25, 0.3) is 11.4 Å². The average Bonchev–Trinajstić information content (AvgIpc) is 3.56. The molecule has 1 aliphatic heterocycles. The van der Waals surface area contributed by atoms with E-state index in [1.807, 2.05) is 30.9 Å². The molecule has 0 bridgehead atoms.